The summed E-state index contributed by atoms with van der Waals surface area (Å²) in [5.41, 5.74) is 4.30. The second-order valence-corrected chi connectivity index (χ2v) is 6.60. The molecule has 1 aliphatic heterocycles. The lowest BCUT2D eigenvalue weighted by Gasteiger charge is -2.35. The van der Waals surface area contributed by atoms with E-state index in [1.54, 1.807) is 41.3 Å². The van der Waals surface area contributed by atoms with Crippen LogP contribution in [0.5, 0.6) is 0 Å². The topological polar surface area (TPSA) is 110 Å². The summed E-state index contributed by atoms with van der Waals surface area (Å²) < 4.78 is 0. The van der Waals surface area contributed by atoms with Gasteiger partial charge in [-0.2, -0.15) is 5.26 Å². The molecule has 0 radical (unpaired) electrons. The Morgan fingerprint density at radius 2 is 1.63 bits per heavy atom. The van der Waals surface area contributed by atoms with Crippen molar-refractivity contribution in [1.29, 1.82) is 5.26 Å². The van der Waals surface area contributed by atoms with Crippen molar-refractivity contribution < 1.29 is 14.8 Å². The molecule has 0 aliphatic carbocycles. The Kier molecular flexibility index (Phi) is 6.92. The van der Waals surface area contributed by atoms with Gasteiger partial charge in [-0.3, -0.25) is 14.8 Å². The molecule has 1 saturated heterocycles. The third-order valence-corrected chi connectivity index (χ3v) is 4.66. The van der Waals surface area contributed by atoms with Crippen molar-refractivity contribution >= 4 is 29.7 Å². The molecule has 1 aliphatic rings. The van der Waals surface area contributed by atoms with E-state index >= 15 is 0 Å². The van der Waals surface area contributed by atoms with Crippen molar-refractivity contribution in [3.8, 4) is 6.07 Å². The number of rotatable bonds is 5. The van der Waals surface area contributed by atoms with E-state index in [1.165, 1.54) is 17.6 Å². The number of aromatic nitrogens is 1. The molecule has 0 spiro atoms. The number of piperazine rings is 1. The molecular formula is C22H21N5O3. The largest absolute Gasteiger partial charge is 0.368 e. The highest BCUT2D eigenvalue weighted by Crippen LogP contribution is 2.17. The molecule has 30 heavy (non-hydrogen) atoms. The maximum atomic E-state index is 12.5. The molecule has 0 unspecified atom stereocenters. The summed E-state index contributed by atoms with van der Waals surface area (Å²) in [6.07, 6.45) is 5.76. The van der Waals surface area contributed by atoms with Gasteiger partial charge in [0.15, 0.2) is 0 Å². The van der Waals surface area contributed by atoms with Crippen LogP contribution in [0.4, 0.5) is 5.69 Å². The van der Waals surface area contributed by atoms with Gasteiger partial charge in [-0.1, -0.05) is 6.07 Å². The van der Waals surface area contributed by atoms with E-state index in [0.29, 0.717) is 30.0 Å². The molecule has 2 amide bonds. The fourth-order valence-corrected chi connectivity index (χ4v) is 3.05. The van der Waals surface area contributed by atoms with Crippen LogP contribution in [0.25, 0.3) is 12.2 Å². The molecule has 2 N–H and O–H groups in total. The second kappa shape index (κ2) is 10.0. The minimum absolute atomic E-state index is 0.0862. The van der Waals surface area contributed by atoms with E-state index in [0.717, 1.165) is 24.9 Å². The number of nitrogens with one attached hydrogen (secondary N) is 1. The Morgan fingerprint density at radius 3 is 2.23 bits per heavy atom. The van der Waals surface area contributed by atoms with Crippen molar-refractivity contribution in [2.45, 2.75) is 0 Å². The summed E-state index contributed by atoms with van der Waals surface area (Å²) in [5.74, 6) is -0.732. The summed E-state index contributed by atoms with van der Waals surface area (Å²) in [6.45, 7) is 2.65. The first kappa shape index (κ1) is 20.8. The molecule has 3 rings (SSSR count). The number of nitriles is 1. The van der Waals surface area contributed by atoms with Crippen LogP contribution in [0.2, 0.25) is 0 Å². The Hall–Kier alpha value is -3.96. The fraction of sp³-hybridized carbons (Fsp3) is 0.182. The maximum absolute atomic E-state index is 12.5. The van der Waals surface area contributed by atoms with E-state index < -0.39 is 5.91 Å². The number of carbonyl (C=O) groups excluding carboxylic acids is 2. The molecule has 2 aromatic rings. The Balaban J connectivity index is 1.55. The van der Waals surface area contributed by atoms with Gasteiger partial charge in [0.1, 0.15) is 0 Å². The molecule has 1 aromatic heterocycles. The number of pyridine rings is 1. The van der Waals surface area contributed by atoms with E-state index in [2.05, 4.69) is 16.0 Å². The van der Waals surface area contributed by atoms with Crippen LogP contribution in [0.15, 0.2) is 54.6 Å². The fourth-order valence-electron chi connectivity index (χ4n) is 3.05. The lowest BCUT2D eigenvalue weighted by atomic mass is 10.2. The number of hydrogen-bond acceptors (Lipinski definition) is 6. The highest BCUT2D eigenvalue weighted by molar-refractivity contribution is 5.92. The van der Waals surface area contributed by atoms with E-state index in [9.17, 15) is 9.59 Å². The van der Waals surface area contributed by atoms with Crippen LogP contribution in [0.3, 0.4) is 0 Å². The number of hydroxylamine groups is 1. The number of nitrogens with zero attached hydrogens (tertiary/aromatic N) is 4. The minimum atomic E-state index is -0.645. The van der Waals surface area contributed by atoms with Gasteiger partial charge in [-0.05, 0) is 48.6 Å². The average molecular weight is 403 g/mol. The van der Waals surface area contributed by atoms with Gasteiger partial charge in [0.05, 0.1) is 23.0 Å². The van der Waals surface area contributed by atoms with Crippen LogP contribution >= 0.6 is 0 Å². The molecule has 8 nitrogen and oxygen atoms in total. The zero-order chi connectivity index (χ0) is 21.3. The Bertz CT molecular complexity index is 1000. The number of hydrogen-bond donors (Lipinski definition) is 2. The van der Waals surface area contributed by atoms with Gasteiger partial charge in [0.2, 0.25) is 5.91 Å². The number of benzene rings is 1. The predicted molar refractivity (Wildman–Crippen MR) is 112 cm³/mol. The van der Waals surface area contributed by atoms with Crippen LogP contribution in [0.1, 0.15) is 17.0 Å². The average Bonchev–Trinajstić information content (AvgIpc) is 2.81. The molecule has 0 saturated carbocycles. The van der Waals surface area contributed by atoms with Gasteiger partial charge in [0, 0.05) is 44.0 Å². The summed E-state index contributed by atoms with van der Waals surface area (Å²) in [4.78, 5) is 31.8. The monoisotopic (exact) mass is 403 g/mol. The SMILES string of the molecule is N#Cc1ccc(N2CCN(C(=O)/C=C/c3cccc(/C=C/C(=O)NO)n3)CC2)cc1. The third kappa shape index (κ3) is 5.53. The molecule has 0 atom stereocenters. The summed E-state index contributed by atoms with van der Waals surface area (Å²) in [5, 5.41) is 17.4. The first-order valence-electron chi connectivity index (χ1n) is 9.40. The number of anilines is 1. The van der Waals surface area contributed by atoms with Crippen LogP contribution in [-0.4, -0.2) is 53.1 Å². The predicted octanol–water partition coefficient (Wildman–Crippen LogP) is 1.83. The highest BCUT2D eigenvalue weighted by Gasteiger charge is 2.19. The van der Waals surface area contributed by atoms with Crippen LogP contribution < -0.4 is 10.4 Å². The highest BCUT2D eigenvalue weighted by atomic mass is 16.5. The van der Waals surface area contributed by atoms with Crippen molar-refractivity contribution in [1.82, 2.24) is 15.4 Å². The summed E-state index contributed by atoms with van der Waals surface area (Å²) >= 11 is 0. The Labute approximate surface area is 174 Å². The molecule has 152 valence electrons. The summed E-state index contributed by atoms with van der Waals surface area (Å²) in [6, 6.07) is 14.8. The zero-order valence-electron chi connectivity index (χ0n) is 16.2. The number of amides is 2. The van der Waals surface area contributed by atoms with Gasteiger partial charge in [-0.15, -0.1) is 0 Å². The molecular weight excluding hydrogens is 382 g/mol. The summed E-state index contributed by atoms with van der Waals surface area (Å²) in [7, 11) is 0. The smallest absolute Gasteiger partial charge is 0.267 e. The maximum Gasteiger partial charge on any atom is 0.267 e. The Morgan fingerprint density at radius 1 is 1.00 bits per heavy atom. The molecule has 1 aromatic carbocycles. The third-order valence-electron chi connectivity index (χ3n) is 4.66. The zero-order valence-corrected chi connectivity index (χ0v) is 16.2. The molecule has 1 fully saturated rings. The van der Waals surface area contributed by atoms with Gasteiger partial charge in [0.25, 0.3) is 5.91 Å². The van der Waals surface area contributed by atoms with Gasteiger partial charge >= 0.3 is 0 Å². The van der Waals surface area contributed by atoms with E-state index in [4.69, 9.17) is 10.5 Å². The lowest BCUT2D eigenvalue weighted by molar-refractivity contribution is -0.126. The molecule has 2 heterocycles. The van der Waals surface area contributed by atoms with Gasteiger partial charge < -0.3 is 9.80 Å². The first-order chi connectivity index (χ1) is 14.6. The van der Waals surface area contributed by atoms with Crippen LogP contribution in [0, 0.1) is 11.3 Å². The minimum Gasteiger partial charge on any atom is -0.368 e. The number of carbonyl (C=O) groups is 2. The standard InChI is InChI=1S/C22H21N5O3/c23-16-17-4-8-20(9-5-17)26-12-14-27(15-13-26)22(29)11-7-19-3-1-2-18(24-19)6-10-21(28)25-30/h1-11,30H,12-15H2,(H,25,28)/b10-6+,11-7+. The quantitative estimate of drug-likeness (QED) is 0.448. The van der Waals surface area contributed by atoms with Crippen molar-refractivity contribution in [2.24, 2.45) is 0 Å². The second-order valence-electron chi connectivity index (χ2n) is 6.60. The lowest BCUT2D eigenvalue weighted by Crippen LogP contribution is -2.48. The molecule has 8 heteroatoms. The van der Waals surface area contributed by atoms with Gasteiger partial charge in [-0.25, -0.2) is 10.5 Å². The van der Waals surface area contributed by atoms with Crippen molar-refractivity contribution in [3.63, 3.8) is 0 Å². The van der Waals surface area contributed by atoms with E-state index in [-0.39, 0.29) is 5.91 Å². The van der Waals surface area contributed by atoms with Crippen molar-refractivity contribution in [2.75, 3.05) is 31.1 Å². The van der Waals surface area contributed by atoms with Crippen molar-refractivity contribution in [3.05, 3.63) is 71.6 Å². The normalized spacial score (nSPS) is 14.1. The molecule has 0 bridgehead atoms. The first-order valence-corrected chi connectivity index (χ1v) is 9.40. The van der Waals surface area contributed by atoms with Crippen LogP contribution in [-0.2, 0) is 9.59 Å². The van der Waals surface area contributed by atoms with E-state index in [1.807, 2.05) is 12.1 Å².